The maximum Gasteiger partial charge on any atom is 0.228 e. The number of carbonyl (C=O) groups is 1. The minimum Gasteiger partial charge on any atom is -0.497 e. The minimum absolute atomic E-state index is 0.107. The van der Waals surface area contributed by atoms with Crippen LogP contribution >= 0.6 is 0 Å². The molecule has 0 fully saturated rings. The van der Waals surface area contributed by atoms with Crippen LogP contribution < -0.4 is 19.5 Å². The van der Waals surface area contributed by atoms with Crippen LogP contribution in [0.4, 0.5) is 5.69 Å². The van der Waals surface area contributed by atoms with Crippen molar-refractivity contribution >= 4 is 22.5 Å². The topological polar surface area (TPSA) is 72.6 Å². The Kier molecular flexibility index (Phi) is 5.02. The van der Waals surface area contributed by atoms with E-state index in [1.165, 1.54) is 0 Å². The fourth-order valence-electron chi connectivity index (χ4n) is 3.00. The zero-order valence-corrected chi connectivity index (χ0v) is 15.3. The predicted octanol–water partition coefficient (Wildman–Crippen LogP) is 3.68. The van der Waals surface area contributed by atoms with Gasteiger partial charge in [0.25, 0.3) is 0 Å². The average Bonchev–Trinajstić information content (AvgIpc) is 2.96. The fraction of sp³-hybridized carbons (Fsp3) is 0.250. The van der Waals surface area contributed by atoms with Crippen molar-refractivity contribution in [3.05, 3.63) is 47.7 Å². The molecule has 0 bridgehead atoms. The van der Waals surface area contributed by atoms with E-state index in [9.17, 15) is 4.79 Å². The lowest BCUT2D eigenvalue weighted by molar-refractivity contribution is -0.115. The third-order valence-electron chi connectivity index (χ3n) is 4.33. The highest BCUT2D eigenvalue weighted by Gasteiger charge is 2.14. The summed E-state index contributed by atoms with van der Waals surface area (Å²) in [6.07, 6.45) is 0.257. The first-order chi connectivity index (χ1) is 12.5. The Bertz CT molecular complexity index is 946. The van der Waals surface area contributed by atoms with E-state index in [4.69, 9.17) is 14.2 Å². The molecule has 1 aromatic heterocycles. The molecule has 6 nitrogen and oxygen atoms in total. The van der Waals surface area contributed by atoms with Gasteiger partial charge in [0.2, 0.25) is 5.91 Å². The summed E-state index contributed by atoms with van der Waals surface area (Å²) in [5.41, 5.74) is 3.56. The summed E-state index contributed by atoms with van der Waals surface area (Å²) in [7, 11) is 4.76. The van der Waals surface area contributed by atoms with Gasteiger partial charge >= 0.3 is 0 Å². The number of aromatic nitrogens is 1. The molecule has 0 saturated heterocycles. The standard InChI is InChI=1S/C20H22N2O4/c1-12-15(16-10-14(24-2)6-7-17(16)21-12)11-20(23)22-13-5-8-18(25-3)19(9-13)26-4/h5-10,21H,11H2,1-4H3,(H,22,23). The predicted molar refractivity (Wildman–Crippen MR) is 101 cm³/mol. The number of benzene rings is 2. The van der Waals surface area contributed by atoms with E-state index in [-0.39, 0.29) is 12.3 Å². The molecule has 136 valence electrons. The molecule has 0 saturated carbocycles. The van der Waals surface area contributed by atoms with Crippen LogP contribution in [0.15, 0.2) is 36.4 Å². The SMILES string of the molecule is COc1ccc2[nH]c(C)c(CC(=O)Nc3ccc(OC)c(OC)c3)c2c1. The van der Waals surface area contributed by atoms with Crippen LogP contribution in [0.5, 0.6) is 17.2 Å². The summed E-state index contributed by atoms with van der Waals surface area (Å²) in [6.45, 7) is 1.96. The van der Waals surface area contributed by atoms with Gasteiger partial charge in [0.15, 0.2) is 11.5 Å². The Balaban J connectivity index is 1.82. The summed E-state index contributed by atoms with van der Waals surface area (Å²) in [5, 5.41) is 3.90. The van der Waals surface area contributed by atoms with Gasteiger partial charge in [-0.05, 0) is 42.8 Å². The monoisotopic (exact) mass is 354 g/mol. The number of fused-ring (bicyclic) bond motifs is 1. The van der Waals surface area contributed by atoms with Gasteiger partial charge in [0.1, 0.15) is 5.75 Å². The number of H-pyrrole nitrogens is 1. The zero-order chi connectivity index (χ0) is 18.7. The Hall–Kier alpha value is -3.15. The smallest absolute Gasteiger partial charge is 0.228 e. The summed E-state index contributed by atoms with van der Waals surface area (Å²) in [4.78, 5) is 15.9. The van der Waals surface area contributed by atoms with Crippen molar-refractivity contribution in [2.24, 2.45) is 0 Å². The minimum atomic E-state index is -0.107. The first-order valence-corrected chi connectivity index (χ1v) is 8.22. The van der Waals surface area contributed by atoms with E-state index >= 15 is 0 Å². The van der Waals surface area contributed by atoms with Crippen LogP contribution in [-0.2, 0) is 11.2 Å². The molecule has 3 aromatic rings. The summed E-state index contributed by atoms with van der Waals surface area (Å²) >= 11 is 0. The zero-order valence-electron chi connectivity index (χ0n) is 15.3. The third-order valence-corrected chi connectivity index (χ3v) is 4.33. The highest BCUT2D eigenvalue weighted by molar-refractivity contribution is 5.97. The molecular formula is C20H22N2O4. The van der Waals surface area contributed by atoms with Gasteiger partial charge in [-0.15, -0.1) is 0 Å². The van der Waals surface area contributed by atoms with E-state index in [0.717, 1.165) is 27.9 Å². The quantitative estimate of drug-likeness (QED) is 0.708. The van der Waals surface area contributed by atoms with Gasteiger partial charge in [-0.3, -0.25) is 4.79 Å². The maximum absolute atomic E-state index is 12.6. The lowest BCUT2D eigenvalue weighted by atomic mass is 10.1. The molecule has 0 aliphatic carbocycles. The van der Waals surface area contributed by atoms with Gasteiger partial charge in [0.05, 0.1) is 27.8 Å². The molecule has 0 aliphatic heterocycles. The van der Waals surface area contributed by atoms with Crippen LogP contribution in [0, 0.1) is 6.92 Å². The van der Waals surface area contributed by atoms with Crippen molar-refractivity contribution < 1.29 is 19.0 Å². The van der Waals surface area contributed by atoms with Gasteiger partial charge in [0, 0.05) is 28.4 Å². The van der Waals surface area contributed by atoms with Crippen molar-refractivity contribution in [1.29, 1.82) is 0 Å². The number of nitrogens with one attached hydrogen (secondary N) is 2. The maximum atomic E-state index is 12.6. The van der Waals surface area contributed by atoms with Crippen LogP contribution in [-0.4, -0.2) is 32.2 Å². The Morgan fingerprint density at radius 1 is 1.00 bits per heavy atom. The van der Waals surface area contributed by atoms with Crippen LogP contribution in [0.3, 0.4) is 0 Å². The molecule has 0 aliphatic rings. The van der Waals surface area contributed by atoms with E-state index < -0.39 is 0 Å². The number of hydrogen-bond donors (Lipinski definition) is 2. The summed E-state index contributed by atoms with van der Waals surface area (Å²) < 4.78 is 15.8. The van der Waals surface area contributed by atoms with Crippen molar-refractivity contribution in [2.45, 2.75) is 13.3 Å². The van der Waals surface area contributed by atoms with Gasteiger partial charge in [-0.1, -0.05) is 0 Å². The first kappa shape index (κ1) is 17.7. The van der Waals surface area contributed by atoms with E-state index in [2.05, 4.69) is 10.3 Å². The Morgan fingerprint density at radius 3 is 2.46 bits per heavy atom. The normalized spacial score (nSPS) is 10.6. The highest BCUT2D eigenvalue weighted by atomic mass is 16.5. The second-order valence-electron chi connectivity index (χ2n) is 5.93. The van der Waals surface area contributed by atoms with Crippen molar-refractivity contribution in [2.75, 3.05) is 26.6 Å². The number of aryl methyl sites for hydroxylation is 1. The largest absolute Gasteiger partial charge is 0.497 e. The number of anilines is 1. The molecule has 3 rings (SSSR count). The highest BCUT2D eigenvalue weighted by Crippen LogP contribution is 2.30. The van der Waals surface area contributed by atoms with Gasteiger partial charge in [-0.2, -0.15) is 0 Å². The number of amides is 1. The molecule has 0 atom stereocenters. The molecule has 1 amide bonds. The lowest BCUT2D eigenvalue weighted by Gasteiger charge is -2.11. The van der Waals surface area contributed by atoms with E-state index in [0.29, 0.717) is 17.2 Å². The number of methoxy groups -OCH3 is 3. The van der Waals surface area contributed by atoms with Crippen molar-refractivity contribution in [1.82, 2.24) is 4.98 Å². The first-order valence-electron chi connectivity index (χ1n) is 8.22. The molecule has 6 heteroatoms. The van der Waals surface area contributed by atoms with Crippen molar-refractivity contribution in [3.63, 3.8) is 0 Å². The second kappa shape index (κ2) is 7.39. The number of ether oxygens (including phenoxy) is 3. The van der Waals surface area contributed by atoms with Gasteiger partial charge < -0.3 is 24.5 Å². The van der Waals surface area contributed by atoms with E-state index in [1.807, 2.05) is 25.1 Å². The second-order valence-corrected chi connectivity index (χ2v) is 5.93. The summed E-state index contributed by atoms with van der Waals surface area (Å²) in [6, 6.07) is 11.1. The van der Waals surface area contributed by atoms with Gasteiger partial charge in [-0.25, -0.2) is 0 Å². The molecule has 0 spiro atoms. The molecule has 0 radical (unpaired) electrons. The van der Waals surface area contributed by atoms with Crippen LogP contribution in [0.1, 0.15) is 11.3 Å². The molecule has 2 aromatic carbocycles. The number of aromatic amines is 1. The molecule has 2 N–H and O–H groups in total. The molecule has 0 unspecified atom stereocenters. The molecule has 1 heterocycles. The fourth-order valence-corrected chi connectivity index (χ4v) is 3.00. The molecular weight excluding hydrogens is 332 g/mol. The van der Waals surface area contributed by atoms with E-state index in [1.54, 1.807) is 39.5 Å². The summed E-state index contributed by atoms with van der Waals surface area (Å²) in [5.74, 6) is 1.84. The lowest BCUT2D eigenvalue weighted by Crippen LogP contribution is -2.14. The Labute approximate surface area is 152 Å². The number of carbonyl (C=O) groups excluding carboxylic acids is 1. The third kappa shape index (κ3) is 3.44. The van der Waals surface area contributed by atoms with Crippen LogP contribution in [0.25, 0.3) is 10.9 Å². The number of hydrogen-bond acceptors (Lipinski definition) is 4. The molecule has 26 heavy (non-hydrogen) atoms. The average molecular weight is 354 g/mol. The number of rotatable bonds is 6. The van der Waals surface area contributed by atoms with Crippen molar-refractivity contribution in [3.8, 4) is 17.2 Å². The van der Waals surface area contributed by atoms with Crippen LogP contribution in [0.2, 0.25) is 0 Å². The Morgan fingerprint density at radius 2 is 1.77 bits per heavy atom.